The summed E-state index contributed by atoms with van der Waals surface area (Å²) in [6, 6.07) is 0. The van der Waals surface area contributed by atoms with Gasteiger partial charge in [-0.3, -0.25) is 20.2 Å². The van der Waals surface area contributed by atoms with Gasteiger partial charge in [0.05, 0.1) is 12.1 Å². The topological polar surface area (TPSA) is 58.2 Å². The van der Waals surface area contributed by atoms with E-state index in [2.05, 4.69) is 17.6 Å². The van der Waals surface area contributed by atoms with E-state index in [9.17, 15) is 9.59 Å². The number of imide groups is 1. The van der Waals surface area contributed by atoms with Gasteiger partial charge in [0, 0.05) is 0 Å². The van der Waals surface area contributed by atoms with E-state index in [1.165, 1.54) is 0 Å². The molecule has 2 rings (SSSR count). The van der Waals surface area contributed by atoms with Crippen molar-refractivity contribution in [3.05, 3.63) is 0 Å². The third-order valence-electron chi connectivity index (χ3n) is 3.40. The molecule has 1 saturated heterocycles. The smallest absolute Gasteiger partial charge is 0.246 e. The minimum absolute atomic E-state index is 0.124. The maximum absolute atomic E-state index is 11.7. The van der Waals surface area contributed by atoms with Gasteiger partial charge in [0.1, 0.15) is 0 Å². The Kier molecular flexibility index (Phi) is 2.31. The van der Waals surface area contributed by atoms with Crippen molar-refractivity contribution in [1.29, 1.82) is 0 Å². The molecule has 2 fully saturated rings. The fourth-order valence-electron chi connectivity index (χ4n) is 2.28. The first-order valence-corrected chi connectivity index (χ1v) is 5.22. The normalized spacial score (nSPS) is 38.5. The molecule has 0 atom stereocenters. The van der Waals surface area contributed by atoms with E-state index in [-0.39, 0.29) is 18.4 Å². The van der Waals surface area contributed by atoms with Crippen LogP contribution < -0.4 is 10.6 Å². The Morgan fingerprint density at radius 2 is 1.93 bits per heavy atom. The third kappa shape index (κ3) is 1.54. The predicted octanol–water partition coefficient (Wildman–Crippen LogP) is 0.181. The minimum atomic E-state index is -0.444. The second-order valence-corrected chi connectivity index (χ2v) is 4.50. The van der Waals surface area contributed by atoms with Crippen molar-refractivity contribution in [2.24, 2.45) is 5.92 Å². The van der Waals surface area contributed by atoms with Crippen LogP contribution in [0.5, 0.6) is 0 Å². The van der Waals surface area contributed by atoms with Crippen LogP contribution in [0.1, 0.15) is 32.6 Å². The van der Waals surface area contributed by atoms with Gasteiger partial charge in [-0.15, -0.1) is 0 Å². The van der Waals surface area contributed by atoms with Gasteiger partial charge in [0.2, 0.25) is 11.8 Å². The summed E-state index contributed by atoms with van der Waals surface area (Å²) in [5, 5.41) is 5.51. The summed E-state index contributed by atoms with van der Waals surface area (Å²) >= 11 is 0. The summed E-state index contributed by atoms with van der Waals surface area (Å²) in [7, 11) is 0. The standard InChI is InChI=1S/C10H16N2O2/c1-7-2-4-10(5-3-7)9(14)12-8(13)6-11-10/h7,11H,2-6H2,1H3,(H,12,13,14). The molecule has 2 amide bonds. The van der Waals surface area contributed by atoms with Crippen molar-refractivity contribution >= 4 is 11.8 Å². The van der Waals surface area contributed by atoms with Crippen molar-refractivity contribution in [2.75, 3.05) is 6.54 Å². The Morgan fingerprint density at radius 1 is 1.29 bits per heavy atom. The van der Waals surface area contributed by atoms with Crippen LogP contribution >= 0.6 is 0 Å². The van der Waals surface area contributed by atoms with Crippen LogP contribution in [0.15, 0.2) is 0 Å². The molecule has 0 aromatic carbocycles. The molecule has 2 N–H and O–H groups in total. The molecular formula is C10H16N2O2. The lowest BCUT2D eigenvalue weighted by Crippen LogP contribution is -2.66. The Bertz CT molecular complexity index is 267. The lowest BCUT2D eigenvalue weighted by Gasteiger charge is -2.40. The van der Waals surface area contributed by atoms with E-state index in [1.54, 1.807) is 0 Å². The summed E-state index contributed by atoms with van der Waals surface area (Å²) < 4.78 is 0. The summed E-state index contributed by atoms with van der Waals surface area (Å²) in [6.07, 6.45) is 3.84. The van der Waals surface area contributed by atoms with E-state index in [1.807, 2.05) is 0 Å². The molecule has 1 saturated carbocycles. The Hall–Kier alpha value is -0.900. The Morgan fingerprint density at radius 3 is 2.50 bits per heavy atom. The molecule has 2 aliphatic rings. The molecule has 0 aromatic heterocycles. The first-order chi connectivity index (χ1) is 6.62. The molecule has 0 unspecified atom stereocenters. The molecule has 1 aliphatic heterocycles. The second-order valence-electron chi connectivity index (χ2n) is 4.50. The number of hydrogen-bond donors (Lipinski definition) is 2. The fourth-order valence-corrected chi connectivity index (χ4v) is 2.28. The van der Waals surface area contributed by atoms with Crippen LogP contribution in [0.3, 0.4) is 0 Å². The molecule has 14 heavy (non-hydrogen) atoms. The number of hydrogen-bond acceptors (Lipinski definition) is 3. The molecule has 78 valence electrons. The highest BCUT2D eigenvalue weighted by Crippen LogP contribution is 2.32. The highest BCUT2D eigenvalue weighted by molar-refractivity contribution is 6.03. The van der Waals surface area contributed by atoms with Crippen molar-refractivity contribution in [1.82, 2.24) is 10.6 Å². The van der Waals surface area contributed by atoms with Gasteiger partial charge in [-0.05, 0) is 31.6 Å². The molecule has 0 aromatic rings. The number of amides is 2. The molecule has 1 heterocycles. The highest BCUT2D eigenvalue weighted by Gasteiger charge is 2.43. The van der Waals surface area contributed by atoms with E-state index in [4.69, 9.17) is 0 Å². The lowest BCUT2D eigenvalue weighted by molar-refractivity contribution is -0.139. The molecular weight excluding hydrogens is 180 g/mol. The molecule has 1 aliphatic carbocycles. The van der Waals surface area contributed by atoms with Crippen LogP contribution in [0.4, 0.5) is 0 Å². The van der Waals surface area contributed by atoms with Gasteiger partial charge in [-0.1, -0.05) is 6.92 Å². The van der Waals surface area contributed by atoms with Crippen molar-refractivity contribution < 1.29 is 9.59 Å². The second kappa shape index (κ2) is 3.35. The van der Waals surface area contributed by atoms with Crippen molar-refractivity contribution in [3.8, 4) is 0 Å². The number of carbonyl (C=O) groups is 2. The molecule has 1 spiro atoms. The zero-order valence-corrected chi connectivity index (χ0v) is 8.43. The summed E-state index contributed by atoms with van der Waals surface area (Å²) in [6.45, 7) is 2.48. The van der Waals surface area contributed by atoms with Gasteiger partial charge in [0.25, 0.3) is 0 Å². The van der Waals surface area contributed by atoms with Gasteiger partial charge in [-0.25, -0.2) is 0 Å². The zero-order chi connectivity index (χ0) is 10.2. The lowest BCUT2D eigenvalue weighted by atomic mass is 9.76. The molecule has 0 bridgehead atoms. The molecule has 0 radical (unpaired) electrons. The summed E-state index contributed by atoms with van der Waals surface area (Å²) in [5.74, 6) is 0.368. The first kappa shape index (κ1) is 9.65. The number of rotatable bonds is 0. The molecule has 4 nitrogen and oxygen atoms in total. The van der Waals surface area contributed by atoms with Gasteiger partial charge in [-0.2, -0.15) is 0 Å². The van der Waals surface area contributed by atoms with E-state index < -0.39 is 5.54 Å². The average Bonchev–Trinajstić information content (AvgIpc) is 2.16. The Balaban J connectivity index is 2.08. The van der Waals surface area contributed by atoms with Crippen LogP contribution in [0.25, 0.3) is 0 Å². The Labute approximate surface area is 83.4 Å². The monoisotopic (exact) mass is 196 g/mol. The van der Waals surface area contributed by atoms with Gasteiger partial charge >= 0.3 is 0 Å². The van der Waals surface area contributed by atoms with E-state index in [0.29, 0.717) is 5.92 Å². The predicted molar refractivity (Wildman–Crippen MR) is 51.5 cm³/mol. The zero-order valence-electron chi connectivity index (χ0n) is 8.43. The van der Waals surface area contributed by atoms with Crippen LogP contribution in [-0.2, 0) is 9.59 Å². The largest absolute Gasteiger partial charge is 0.295 e. The van der Waals surface area contributed by atoms with Crippen LogP contribution in [0, 0.1) is 5.92 Å². The summed E-state index contributed by atoms with van der Waals surface area (Å²) in [5.41, 5.74) is -0.444. The van der Waals surface area contributed by atoms with Crippen molar-refractivity contribution in [3.63, 3.8) is 0 Å². The fraction of sp³-hybridized carbons (Fsp3) is 0.800. The average molecular weight is 196 g/mol. The van der Waals surface area contributed by atoms with Crippen molar-refractivity contribution in [2.45, 2.75) is 38.1 Å². The third-order valence-corrected chi connectivity index (χ3v) is 3.40. The van der Waals surface area contributed by atoms with E-state index in [0.717, 1.165) is 25.7 Å². The highest BCUT2D eigenvalue weighted by atomic mass is 16.2. The quantitative estimate of drug-likeness (QED) is 0.543. The maximum Gasteiger partial charge on any atom is 0.246 e. The molecule has 4 heteroatoms. The van der Waals surface area contributed by atoms with Gasteiger partial charge < -0.3 is 0 Å². The number of carbonyl (C=O) groups excluding carboxylic acids is 2. The maximum atomic E-state index is 11.7. The number of piperazine rings is 1. The minimum Gasteiger partial charge on any atom is -0.295 e. The van der Waals surface area contributed by atoms with Gasteiger partial charge in [0.15, 0.2) is 0 Å². The van der Waals surface area contributed by atoms with Crippen LogP contribution in [0.2, 0.25) is 0 Å². The van der Waals surface area contributed by atoms with Crippen LogP contribution in [-0.4, -0.2) is 23.9 Å². The summed E-state index contributed by atoms with van der Waals surface area (Å²) in [4.78, 5) is 22.7. The number of nitrogens with one attached hydrogen (secondary N) is 2. The SMILES string of the molecule is CC1CCC2(CC1)NCC(=O)NC2=O. The van der Waals surface area contributed by atoms with E-state index >= 15 is 0 Å². The first-order valence-electron chi connectivity index (χ1n) is 5.22.